The third kappa shape index (κ3) is 4.16. The highest BCUT2D eigenvalue weighted by molar-refractivity contribution is 5.89. The number of amides is 1. The molecule has 1 aliphatic heterocycles. The molecule has 1 aliphatic rings. The van der Waals surface area contributed by atoms with E-state index in [0.717, 1.165) is 11.2 Å². The molecular formula is C21H30N4O4. The Morgan fingerprint density at radius 3 is 2.48 bits per heavy atom. The first kappa shape index (κ1) is 21.0. The van der Waals surface area contributed by atoms with Gasteiger partial charge in [0.15, 0.2) is 0 Å². The summed E-state index contributed by atoms with van der Waals surface area (Å²) in [6, 6.07) is 5.11. The van der Waals surface area contributed by atoms with E-state index < -0.39 is 5.60 Å². The number of anilines is 1. The minimum Gasteiger partial charge on any atom is -0.481 e. The van der Waals surface area contributed by atoms with Crippen molar-refractivity contribution in [3.8, 4) is 5.88 Å². The Morgan fingerprint density at radius 2 is 1.86 bits per heavy atom. The zero-order chi connectivity index (χ0) is 21.5. The molecule has 1 amide bonds. The Hall–Kier alpha value is -2.77. The van der Waals surface area contributed by atoms with Gasteiger partial charge in [0.2, 0.25) is 5.88 Å². The summed E-state index contributed by atoms with van der Waals surface area (Å²) in [5.74, 6) is 0.491. The molecule has 2 aromatic heterocycles. The summed E-state index contributed by atoms with van der Waals surface area (Å²) in [5.41, 5.74) is 1.55. The molecule has 2 atom stereocenters. The van der Waals surface area contributed by atoms with Gasteiger partial charge >= 0.3 is 6.09 Å². The molecule has 0 aliphatic carbocycles. The third-order valence-corrected chi connectivity index (χ3v) is 5.18. The Kier molecular flexibility index (Phi) is 5.47. The first-order chi connectivity index (χ1) is 13.5. The fourth-order valence-electron chi connectivity index (χ4n) is 3.66. The van der Waals surface area contributed by atoms with Gasteiger partial charge in [-0.15, -0.1) is 0 Å². The number of carbonyl (C=O) groups excluding carboxylic acids is 1. The zero-order valence-corrected chi connectivity index (χ0v) is 18.2. The molecule has 158 valence electrons. The number of methoxy groups -OCH3 is 1. The molecule has 1 saturated heterocycles. The van der Waals surface area contributed by atoms with Gasteiger partial charge in [-0.3, -0.25) is 4.79 Å². The summed E-state index contributed by atoms with van der Waals surface area (Å²) in [4.78, 5) is 33.7. The van der Waals surface area contributed by atoms with E-state index in [1.54, 1.807) is 35.8 Å². The standard InChI is InChI=1S/C21H30N4O4/c1-13-12-25(20(27)29-21(3,4)5)14(2)11-24(13)16-10-18(26)23(6)15-8-9-17(28-7)22-19(15)16/h8-10,13-14H,11-12H2,1-7H3/t13-,14+/m0/s1. The third-order valence-electron chi connectivity index (χ3n) is 5.18. The number of aromatic nitrogens is 2. The van der Waals surface area contributed by atoms with E-state index in [0.29, 0.717) is 24.5 Å². The highest BCUT2D eigenvalue weighted by Gasteiger charge is 2.35. The zero-order valence-electron chi connectivity index (χ0n) is 18.2. The molecule has 0 N–H and O–H groups in total. The molecule has 0 saturated carbocycles. The van der Waals surface area contributed by atoms with E-state index in [1.807, 2.05) is 40.7 Å². The van der Waals surface area contributed by atoms with E-state index in [-0.39, 0.29) is 23.7 Å². The fourth-order valence-corrected chi connectivity index (χ4v) is 3.66. The molecule has 8 nitrogen and oxygen atoms in total. The van der Waals surface area contributed by atoms with Crippen LogP contribution in [0.4, 0.5) is 10.5 Å². The van der Waals surface area contributed by atoms with Gasteiger partial charge in [-0.2, -0.15) is 0 Å². The maximum atomic E-state index is 12.6. The van der Waals surface area contributed by atoms with Crippen LogP contribution in [0.15, 0.2) is 23.0 Å². The van der Waals surface area contributed by atoms with Crippen LogP contribution in [0.3, 0.4) is 0 Å². The molecule has 0 unspecified atom stereocenters. The second kappa shape index (κ2) is 7.57. The van der Waals surface area contributed by atoms with Crippen LogP contribution >= 0.6 is 0 Å². The molecule has 0 spiro atoms. The smallest absolute Gasteiger partial charge is 0.410 e. The number of rotatable bonds is 2. The predicted molar refractivity (Wildman–Crippen MR) is 113 cm³/mol. The lowest BCUT2D eigenvalue weighted by Gasteiger charge is -2.45. The molecule has 2 aromatic rings. The Bertz CT molecular complexity index is 979. The summed E-state index contributed by atoms with van der Waals surface area (Å²) >= 11 is 0. The van der Waals surface area contributed by atoms with Crippen molar-refractivity contribution < 1.29 is 14.3 Å². The maximum absolute atomic E-state index is 12.6. The topological polar surface area (TPSA) is 76.9 Å². The van der Waals surface area contributed by atoms with Gasteiger partial charge in [0.25, 0.3) is 5.56 Å². The maximum Gasteiger partial charge on any atom is 0.410 e. The minimum absolute atomic E-state index is 0.0120. The van der Waals surface area contributed by atoms with Gasteiger partial charge < -0.3 is 23.8 Å². The minimum atomic E-state index is -0.542. The lowest BCUT2D eigenvalue weighted by atomic mass is 10.1. The quantitative estimate of drug-likeness (QED) is 0.769. The van der Waals surface area contributed by atoms with Crippen molar-refractivity contribution >= 4 is 22.8 Å². The number of fused-ring (bicyclic) bond motifs is 1. The van der Waals surface area contributed by atoms with Crippen molar-refractivity contribution in [3.05, 3.63) is 28.6 Å². The summed E-state index contributed by atoms with van der Waals surface area (Å²) in [7, 11) is 3.30. The fraction of sp³-hybridized carbons (Fsp3) is 0.571. The van der Waals surface area contributed by atoms with Crippen LogP contribution in [-0.4, -0.2) is 58.4 Å². The Balaban J connectivity index is 1.98. The molecule has 3 rings (SSSR count). The molecule has 8 heteroatoms. The first-order valence-electron chi connectivity index (χ1n) is 9.83. The van der Waals surface area contributed by atoms with Gasteiger partial charge in [-0.25, -0.2) is 9.78 Å². The SMILES string of the molecule is COc1ccc2c(n1)c(N1C[C@@H](C)N(C(=O)OC(C)(C)C)C[C@@H]1C)cc(=O)n2C. The summed E-state index contributed by atoms with van der Waals surface area (Å²) in [5, 5.41) is 0. The van der Waals surface area contributed by atoms with Crippen molar-refractivity contribution in [3.63, 3.8) is 0 Å². The van der Waals surface area contributed by atoms with E-state index in [9.17, 15) is 9.59 Å². The van der Waals surface area contributed by atoms with Crippen LogP contribution in [0.25, 0.3) is 11.0 Å². The van der Waals surface area contributed by atoms with E-state index in [4.69, 9.17) is 9.47 Å². The normalized spacial score (nSPS) is 20.1. The number of hydrogen-bond donors (Lipinski definition) is 0. The average molecular weight is 402 g/mol. The molecule has 29 heavy (non-hydrogen) atoms. The monoisotopic (exact) mass is 402 g/mol. The molecule has 3 heterocycles. The highest BCUT2D eigenvalue weighted by Crippen LogP contribution is 2.30. The lowest BCUT2D eigenvalue weighted by molar-refractivity contribution is 0.0130. The Morgan fingerprint density at radius 1 is 1.17 bits per heavy atom. The molecule has 0 bridgehead atoms. The van der Waals surface area contributed by atoms with Crippen LogP contribution in [0.5, 0.6) is 5.88 Å². The number of ether oxygens (including phenoxy) is 2. The van der Waals surface area contributed by atoms with Gasteiger partial charge in [-0.05, 0) is 40.7 Å². The van der Waals surface area contributed by atoms with Crippen molar-refractivity contribution in [2.45, 2.75) is 52.3 Å². The largest absolute Gasteiger partial charge is 0.481 e. The number of nitrogens with zero attached hydrogens (tertiary/aromatic N) is 4. The summed E-state index contributed by atoms with van der Waals surface area (Å²) in [6.45, 7) is 10.7. The van der Waals surface area contributed by atoms with Crippen molar-refractivity contribution in [2.24, 2.45) is 7.05 Å². The van der Waals surface area contributed by atoms with Crippen molar-refractivity contribution in [1.82, 2.24) is 14.5 Å². The molecular weight excluding hydrogens is 372 g/mol. The number of aryl methyl sites for hydroxylation is 1. The van der Waals surface area contributed by atoms with Crippen LogP contribution in [0.2, 0.25) is 0 Å². The predicted octanol–water partition coefficient (Wildman–Crippen LogP) is 2.78. The highest BCUT2D eigenvalue weighted by atomic mass is 16.6. The van der Waals surface area contributed by atoms with Crippen LogP contribution in [0, 0.1) is 0 Å². The molecule has 1 fully saturated rings. The average Bonchev–Trinajstić information content (AvgIpc) is 2.64. The van der Waals surface area contributed by atoms with Gasteiger partial charge in [-0.1, -0.05) is 0 Å². The van der Waals surface area contributed by atoms with Crippen molar-refractivity contribution in [1.29, 1.82) is 0 Å². The van der Waals surface area contributed by atoms with E-state index in [1.165, 1.54) is 0 Å². The Labute approximate surface area is 171 Å². The lowest BCUT2D eigenvalue weighted by Crippen LogP contribution is -2.59. The van der Waals surface area contributed by atoms with Crippen LogP contribution in [0.1, 0.15) is 34.6 Å². The second-order valence-electron chi connectivity index (χ2n) is 8.63. The van der Waals surface area contributed by atoms with Crippen LogP contribution < -0.4 is 15.2 Å². The second-order valence-corrected chi connectivity index (χ2v) is 8.63. The number of pyridine rings is 2. The number of carbonyl (C=O) groups is 1. The van der Waals surface area contributed by atoms with E-state index >= 15 is 0 Å². The molecule has 0 aromatic carbocycles. The number of hydrogen-bond acceptors (Lipinski definition) is 6. The van der Waals surface area contributed by atoms with Crippen LogP contribution in [-0.2, 0) is 11.8 Å². The molecule has 0 radical (unpaired) electrons. The number of piperazine rings is 1. The van der Waals surface area contributed by atoms with Crippen molar-refractivity contribution in [2.75, 3.05) is 25.1 Å². The van der Waals surface area contributed by atoms with E-state index in [2.05, 4.69) is 9.88 Å². The first-order valence-corrected chi connectivity index (χ1v) is 9.83. The van der Waals surface area contributed by atoms with Gasteiger partial charge in [0.05, 0.1) is 18.3 Å². The van der Waals surface area contributed by atoms with Gasteiger partial charge in [0.1, 0.15) is 11.1 Å². The van der Waals surface area contributed by atoms with Gasteiger partial charge in [0, 0.05) is 44.4 Å². The summed E-state index contributed by atoms with van der Waals surface area (Å²) in [6.07, 6.45) is -0.315. The summed E-state index contributed by atoms with van der Waals surface area (Å²) < 4.78 is 12.4.